The third-order valence-electron chi connectivity index (χ3n) is 6.22. The minimum Gasteiger partial charge on any atom is -0.495 e. The minimum absolute atomic E-state index is 0.0244. The Kier molecular flexibility index (Phi) is 10.3. The number of carbonyl (C=O) groups is 1. The molecule has 0 aliphatic carbocycles. The first-order chi connectivity index (χ1) is 20.3. The fraction of sp³-hybridized carbons (Fsp3) is 0.267. The van der Waals surface area contributed by atoms with Crippen LogP contribution in [0.3, 0.4) is 0 Å². The number of methoxy groups -OCH3 is 1. The molecule has 1 amide bonds. The van der Waals surface area contributed by atoms with Crippen molar-refractivity contribution >= 4 is 84.1 Å². The van der Waals surface area contributed by atoms with Gasteiger partial charge in [-0.15, -0.1) is 21.6 Å². The molecule has 2 N–H and O–H groups in total. The molecule has 4 aromatic rings. The van der Waals surface area contributed by atoms with Gasteiger partial charge in [0.2, 0.25) is 11.0 Å². The number of nitrogens with zero attached hydrogens (tertiary/aromatic N) is 5. The van der Waals surface area contributed by atoms with Crippen molar-refractivity contribution in [2.45, 2.75) is 46.1 Å². The Bertz CT molecular complexity index is 1850. The van der Waals surface area contributed by atoms with E-state index >= 15 is 0 Å². The monoisotopic (exact) mass is 617 g/mol. The summed E-state index contributed by atoms with van der Waals surface area (Å²) >= 11 is 9.14. The molecule has 0 radical (unpaired) electrons. The number of aromatic nitrogens is 1. The van der Waals surface area contributed by atoms with Crippen LogP contribution in [0.4, 0.5) is 22.2 Å². The van der Waals surface area contributed by atoms with Crippen molar-refractivity contribution in [2.75, 3.05) is 17.7 Å². The molecule has 1 atom stereocenters. The molecule has 42 heavy (non-hydrogen) atoms. The number of carbonyl (C=O) groups excluding carboxylic acids is 1. The van der Waals surface area contributed by atoms with E-state index in [0.29, 0.717) is 32.4 Å². The maximum absolute atomic E-state index is 12.0. The number of amides is 1. The highest BCUT2D eigenvalue weighted by Crippen LogP contribution is 2.39. The number of thiazole rings is 1. The van der Waals surface area contributed by atoms with Gasteiger partial charge in [0, 0.05) is 38.9 Å². The lowest BCUT2D eigenvalue weighted by Gasteiger charge is -2.19. The Balaban J connectivity index is 1.73. The van der Waals surface area contributed by atoms with E-state index in [1.54, 1.807) is 25.3 Å². The van der Waals surface area contributed by atoms with E-state index in [1.165, 1.54) is 29.6 Å². The summed E-state index contributed by atoms with van der Waals surface area (Å²) in [5.41, 5.74) is 1.62. The number of hydrogen-bond donors (Lipinski definition) is 2. The van der Waals surface area contributed by atoms with Gasteiger partial charge >= 0.3 is 0 Å². The number of azo groups is 1. The van der Waals surface area contributed by atoms with Gasteiger partial charge in [-0.25, -0.2) is 4.98 Å². The van der Waals surface area contributed by atoms with Gasteiger partial charge in [0.25, 0.3) is 0 Å². The van der Waals surface area contributed by atoms with Crippen LogP contribution in [-0.4, -0.2) is 24.0 Å². The number of nitriles is 2. The molecular weight excluding hydrogens is 590 g/mol. The van der Waals surface area contributed by atoms with Gasteiger partial charge in [-0.1, -0.05) is 60.9 Å². The average molecular weight is 618 g/mol. The average Bonchev–Trinajstić information content (AvgIpc) is 3.51. The van der Waals surface area contributed by atoms with E-state index in [4.69, 9.17) is 16.3 Å². The first kappa shape index (κ1) is 30.7. The summed E-state index contributed by atoms with van der Waals surface area (Å²) in [6.07, 6.45) is 5.00. The van der Waals surface area contributed by atoms with Crippen LogP contribution >= 0.6 is 34.3 Å². The zero-order valence-corrected chi connectivity index (χ0v) is 25.9. The third-order valence-corrected chi connectivity index (χ3v) is 8.63. The van der Waals surface area contributed by atoms with E-state index in [0.717, 1.165) is 39.6 Å². The summed E-state index contributed by atoms with van der Waals surface area (Å²) in [5.74, 6) is 0.313. The lowest BCUT2D eigenvalue weighted by molar-refractivity contribution is -0.114. The predicted octanol–water partition coefficient (Wildman–Crippen LogP) is 7.41. The zero-order chi connectivity index (χ0) is 30.2. The fourth-order valence-corrected chi connectivity index (χ4v) is 6.53. The van der Waals surface area contributed by atoms with Crippen LogP contribution in [0.25, 0.3) is 21.7 Å². The molecule has 1 unspecified atom stereocenters. The molecule has 2 heterocycles. The standard InChI is InChI=1S/C30H28ClN7O2S2/c1-5-6-9-17(2)34-23-12-21(35-18(3)39)22(13-24(23)40-4)37-38-30-36-29(31)27(42-30)14-26-28(19(15-32)16-33)20-10-7-8-11-25(20)41-26/h7-8,10-14,17,34H,5-6,9H2,1-4H3,(H,35,39)/b26-14-,38-37?. The number of fused-ring (bicyclic) bond motifs is 1. The van der Waals surface area contributed by atoms with E-state index < -0.39 is 0 Å². The second-order valence-electron chi connectivity index (χ2n) is 9.37. The van der Waals surface area contributed by atoms with Crippen molar-refractivity contribution in [1.82, 2.24) is 4.98 Å². The maximum atomic E-state index is 12.0. The number of halogens is 1. The Morgan fingerprint density at radius 2 is 1.95 bits per heavy atom. The van der Waals surface area contributed by atoms with Crippen LogP contribution in [0.5, 0.6) is 5.75 Å². The molecule has 0 spiro atoms. The van der Waals surface area contributed by atoms with Crippen molar-refractivity contribution in [2.24, 2.45) is 10.2 Å². The van der Waals surface area contributed by atoms with Crippen LogP contribution in [0.2, 0.25) is 5.15 Å². The molecule has 12 heteroatoms. The molecular formula is C30H28ClN7O2S2. The molecule has 0 aliphatic rings. The van der Waals surface area contributed by atoms with Gasteiger partial charge in [-0.2, -0.15) is 10.5 Å². The van der Waals surface area contributed by atoms with E-state index in [2.05, 4.69) is 39.7 Å². The normalized spacial score (nSPS) is 12.2. The van der Waals surface area contributed by atoms with E-state index in [-0.39, 0.29) is 22.7 Å². The summed E-state index contributed by atoms with van der Waals surface area (Å²) in [7, 11) is 1.57. The van der Waals surface area contributed by atoms with Crippen molar-refractivity contribution in [3.8, 4) is 17.9 Å². The second kappa shape index (κ2) is 14.1. The number of ether oxygens (including phenoxy) is 1. The predicted molar refractivity (Wildman–Crippen MR) is 170 cm³/mol. The SMILES string of the molecule is CCCCC(C)Nc1cc(NC(C)=O)c(N=Nc2nc(Cl)c(/C=c3\sc4ccccc4c3=C(C#N)C#N)s2)cc1OC. The number of anilines is 2. The second-order valence-corrected chi connectivity index (χ2v) is 11.8. The molecule has 2 aromatic carbocycles. The van der Waals surface area contributed by atoms with Crippen molar-refractivity contribution < 1.29 is 9.53 Å². The highest BCUT2D eigenvalue weighted by atomic mass is 35.5. The third kappa shape index (κ3) is 7.12. The van der Waals surface area contributed by atoms with Crippen molar-refractivity contribution in [3.05, 3.63) is 56.2 Å². The summed E-state index contributed by atoms with van der Waals surface area (Å²) in [5, 5.41) is 36.0. The fourth-order valence-electron chi connectivity index (χ4n) is 4.28. The Morgan fingerprint density at radius 1 is 1.19 bits per heavy atom. The number of benzene rings is 2. The number of rotatable bonds is 10. The summed E-state index contributed by atoms with van der Waals surface area (Å²) in [6.45, 7) is 5.68. The topological polar surface area (TPSA) is 136 Å². The first-order valence-corrected chi connectivity index (χ1v) is 15.2. The van der Waals surface area contributed by atoms with Crippen LogP contribution in [-0.2, 0) is 4.79 Å². The van der Waals surface area contributed by atoms with Crippen molar-refractivity contribution in [3.63, 3.8) is 0 Å². The Labute approximate surface area is 256 Å². The molecule has 0 fully saturated rings. The molecule has 0 aliphatic heterocycles. The maximum Gasteiger partial charge on any atom is 0.231 e. The summed E-state index contributed by atoms with van der Waals surface area (Å²) in [4.78, 5) is 16.9. The van der Waals surface area contributed by atoms with E-state index in [9.17, 15) is 15.3 Å². The van der Waals surface area contributed by atoms with E-state index in [1.807, 2.05) is 36.4 Å². The smallest absolute Gasteiger partial charge is 0.231 e. The lowest BCUT2D eigenvalue weighted by Crippen LogP contribution is -2.21. The van der Waals surface area contributed by atoms with Gasteiger partial charge in [-0.3, -0.25) is 4.79 Å². The van der Waals surface area contributed by atoms with Crippen LogP contribution in [0.1, 0.15) is 44.9 Å². The van der Waals surface area contributed by atoms with Crippen molar-refractivity contribution in [1.29, 1.82) is 10.5 Å². The number of hydrogen-bond acceptors (Lipinski definition) is 10. The molecule has 214 valence electrons. The Morgan fingerprint density at radius 3 is 2.64 bits per heavy atom. The highest BCUT2D eigenvalue weighted by molar-refractivity contribution is 7.18. The van der Waals surface area contributed by atoms with Crippen LogP contribution < -0.4 is 25.1 Å². The molecule has 4 rings (SSSR count). The molecule has 0 bridgehead atoms. The van der Waals surface area contributed by atoms with Gasteiger partial charge < -0.3 is 15.4 Å². The summed E-state index contributed by atoms with van der Waals surface area (Å²) in [6, 6.07) is 15.3. The molecule has 0 saturated carbocycles. The molecule has 0 saturated heterocycles. The minimum atomic E-state index is -0.249. The number of thiophene rings is 1. The number of nitrogens with one attached hydrogen (secondary N) is 2. The molecule has 2 aromatic heterocycles. The lowest BCUT2D eigenvalue weighted by atomic mass is 10.1. The molecule has 9 nitrogen and oxygen atoms in total. The first-order valence-electron chi connectivity index (χ1n) is 13.2. The highest BCUT2D eigenvalue weighted by Gasteiger charge is 2.15. The Hall–Kier alpha value is -4.29. The summed E-state index contributed by atoms with van der Waals surface area (Å²) < 4.78 is 7.27. The zero-order valence-electron chi connectivity index (χ0n) is 23.5. The van der Waals surface area contributed by atoms with Crippen LogP contribution in [0.15, 0.2) is 46.6 Å². The largest absolute Gasteiger partial charge is 0.495 e. The number of unbranched alkanes of at least 4 members (excludes halogenated alkanes) is 1. The quantitative estimate of drug-likeness (QED) is 0.178. The van der Waals surface area contributed by atoms with Crippen LogP contribution in [0, 0.1) is 22.7 Å². The van der Waals surface area contributed by atoms with Gasteiger partial charge in [-0.05, 0) is 31.6 Å². The van der Waals surface area contributed by atoms with Gasteiger partial charge in [0.05, 0.1) is 23.4 Å². The van der Waals surface area contributed by atoms with Gasteiger partial charge in [0.1, 0.15) is 34.3 Å². The van der Waals surface area contributed by atoms with Gasteiger partial charge in [0.15, 0.2) is 0 Å².